The Morgan fingerprint density at radius 3 is 2.47 bits per heavy atom. The highest BCUT2D eigenvalue weighted by Gasteiger charge is 2.17. The van der Waals surface area contributed by atoms with Gasteiger partial charge in [0.1, 0.15) is 0 Å². The van der Waals surface area contributed by atoms with Crippen LogP contribution in [0.25, 0.3) is 0 Å². The molecule has 0 aliphatic carbocycles. The van der Waals surface area contributed by atoms with Crippen molar-refractivity contribution in [2.75, 3.05) is 13.1 Å². The van der Waals surface area contributed by atoms with Crippen LogP contribution in [0, 0.1) is 20.8 Å². The SMILES string of the molecule is Cc1cc(C)c(C2CCCNC2)cc1C. The third-order valence-corrected chi connectivity index (χ3v) is 3.62. The summed E-state index contributed by atoms with van der Waals surface area (Å²) in [5.41, 5.74) is 5.87. The lowest BCUT2D eigenvalue weighted by molar-refractivity contribution is 0.460. The van der Waals surface area contributed by atoms with Gasteiger partial charge in [0.25, 0.3) is 0 Å². The first-order valence-electron chi connectivity index (χ1n) is 5.97. The van der Waals surface area contributed by atoms with Gasteiger partial charge in [0.15, 0.2) is 0 Å². The van der Waals surface area contributed by atoms with Gasteiger partial charge in [0.2, 0.25) is 0 Å². The van der Waals surface area contributed by atoms with Gasteiger partial charge in [0.05, 0.1) is 0 Å². The fourth-order valence-corrected chi connectivity index (χ4v) is 2.54. The van der Waals surface area contributed by atoms with E-state index in [4.69, 9.17) is 0 Å². The van der Waals surface area contributed by atoms with E-state index in [1.165, 1.54) is 36.1 Å². The standard InChI is InChI=1S/C14H21N/c1-10-7-12(3)14(8-11(10)2)13-5-4-6-15-9-13/h7-8,13,15H,4-6,9H2,1-3H3. The normalized spacial score (nSPS) is 21.7. The number of hydrogen-bond donors (Lipinski definition) is 1. The molecule has 1 saturated heterocycles. The molecule has 1 heterocycles. The van der Waals surface area contributed by atoms with Crippen LogP contribution >= 0.6 is 0 Å². The van der Waals surface area contributed by atoms with Crippen molar-refractivity contribution in [1.82, 2.24) is 5.32 Å². The Labute approximate surface area is 92.9 Å². The van der Waals surface area contributed by atoms with Crippen molar-refractivity contribution < 1.29 is 0 Å². The quantitative estimate of drug-likeness (QED) is 0.739. The summed E-state index contributed by atoms with van der Waals surface area (Å²) in [5.74, 6) is 0.734. The van der Waals surface area contributed by atoms with Crippen LogP contribution in [0.5, 0.6) is 0 Å². The number of rotatable bonds is 1. The zero-order chi connectivity index (χ0) is 10.8. The number of nitrogens with one attached hydrogen (secondary N) is 1. The fourth-order valence-electron chi connectivity index (χ4n) is 2.54. The highest BCUT2D eigenvalue weighted by Crippen LogP contribution is 2.28. The second kappa shape index (κ2) is 4.36. The molecule has 0 saturated carbocycles. The van der Waals surface area contributed by atoms with Crippen LogP contribution in [0.2, 0.25) is 0 Å². The maximum atomic E-state index is 3.49. The van der Waals surface area contributed by atoms with Gasteiger partial charge < -0.3 is 5.32 Å². The first-order valence-corrected chi connectivity index (χ1v) is 5.97. The van der Waals surface area contributed by atoms with Gasteiger partial charge in [-0.2, -0.15) is 0 Å². The Kier molecular flexibility index (Phi) is 3.11. The molecule has 1 aliphatic rings. The first kappa shape index (κ1) is 10.7. The predicted octanol–water partition coefficient (Wildman–Crippen LogP) is 3.08. The summed E-state index contributed by atoms with van der Waals surface area (Å²) in [6.45, 7) is 9.01. The Morgan fingerprint density at radius 2 is 1.80 bits per heavy atom. The summed E-state index contributed by atoms with van der Waals surface area (Å²) in [5, 5.41) is 3.49. The molecule has 2 rings (SSSR count). The minimum atomic E-state index is 0.734. The predicted molar refractivity (Wildman–Crippen MR) is 65.5 cm³/mol. The van der Waals surface area contributed by atoms with E-state index in [-0.39, 0.29) is 0 Å². The summed E-state index contributed by atoms with van der Waals surface area (Å²) in [6.07, 6.45) is 2.66. The molecule has 0 radical (unpaired) electrons. The van der Waals surface area contributed by atoms with Crippen molar-refractivity contribution in [2.24, 2.45) is 0 Å². The Bertz CT molecular complexity index is 349. The zero-order valence-electron chi connectivity index (χ0n) is 10.1. The van der Waals surface area contributed by atoms with Gasteiger partial charge in [-0.3, -0.25) is 0 Å². The fraction of sp³-hybridized carbons (Fsp3) is 0.571. The van der Waals surface area contributed by atoms with Gasteiger partial charge in [-0.15, -0.1) is 0 Å². The van der Waals surface area contributed by atoms with Crippen molar-refractivity contribution in [3.05, 3.63) is 34.4 Å². The van der Waals surface area contributed by atoms with Crippen LogP contribution in [0.4, 0.5) is 0 Å². The molecule has 1 nitrogen and oxygen atoms in total. The van der Waals surface area contributed by atoms with Crippen LogP contribution in [-0.2, 0) is 0 Å². The van der Waals surface area contributed by atoms with E-state index in [1.54, 1.807) is 5.56 Å². The number of piperidine rings is 1. The summed E-state index contributed by atoms with van der Waals surface area (Å²) in [4.78, 5) is 0. The molecule has 15 heavy (non-hydrogen) atoms. The van der Waals surface area contributed by atoms with E-state index < -0.39 is 0 Å². The minimum Gasteiger partial charge on any atom is -0.316 e. The first-order chi connectivity index (χ1) is 7.18. The molecule has 0 bridgehead atoms. The van der Waals surface area contributed by atoms with Crippen molar-refractivity contribution >= 4 is 0 Å². The van der Waals surface area contributed by atoms with Gasteiger partial charge in [-0.25, -0.2) is 0 Å². The number of aryl methyl sites for hydroxylation is 3. The zero-order valence-corrected chi connectivity index (χ0v) is 10.1. The van der Waals surface area contributed by atoms with Gasteiger partial charge >= 0.3 is 0 Å². The van der Waals surface area contributed by atoms with Crippen LogP contribution in [0.3, 0.4) is 0 Å². The van der Waals surface area contributed by atoms with Crippen molar-refractivity contribution in [3.63, 3.8) is 0 Å². The molecule has 1 N–H and O–H groups in total. The summed E-state index contributed by atoms with van der Waals surface area (Å²) < 4.78 is 0. The van der Waals surface area contributed by atoms with Crippen LogP contribution in [0.15, 0.2) is 12.1 Å². The molecule has 82 valence electrons. The monoisotopic (exact) mass is 203 g/mol. The molecular weight excluding hydrogens is 182 g/mol. The third-order valence-electron chi connectivity index (χ3n) is 3.62. The number of benzene rings is 1. The lowest BCUT2D eigenvalue weighted by atomic mass is 9.87. The lowest BCUT2D eigenvalue weighted by Gasteiger charge is -2.25. The second-order valence-corrected chi connectivity index (χ2v) is 4.84. The molecular formula is C14H21N. The number of hydrogen-bond acceptors (Lipinski definition) is 1. The highest BCUT2D eigenvalue weighted by atomic mass is 14.9. The van der Waals surface area contributed by atoms with E-state index in [0.29, 0.717) is 0 Å². The van der Waals surface area contributed by atoms with E-state index in [0.717, 1.165) is 12.5 Å². The molecule has 1 fully saturated rings. The van der Waals surface area contributed by atoms with Crippen molar-refractivity contribution in [3.8, 4) is 0 Å². The molecule has 1 aliphatic heterocycles. The molecule has 1 unspecified atom stereocenters. The van der Waals surface area contributed by atoms with Crippen LogP contribution < -0.4 is 5.32 Å². The largest absolute Gasteiger partial charge is 0.316 e. The second-order valence-electron chi connectivity index (χ2n) is 4.84. The smallest absolute Gasteiger partial charge is 0.00202 e. The maximum absolute atomic E-state index is 3.49. The van der Waals surface area contributed by atoms with Crippen LogP contribution in [-0.4, -0.2) is 13.1 Å². The third kappa shape index (κ3) is 2.23. The van der Waals surface area contributed by atoms with E-state index >= 15 is 0 Å². The maximum Gasteiger partial charge on any atom is 0.00202 e. The topological polar surface area (TPSA) is 12.0 Å². The van der Waals surface area contributed by atoms with E-state index in [1.807, 2.05) is 0 Å². The van der Waals surface area contributed by atoms with Gasteiger partial charge in [-0.1, -0.05) is 12.1 Å². The summed E-state index contributed by atoms with van der Waals surface area (Å²) in [6, 6.07) is 4.72. The van der Waals surface area contributed by atoms with Gasteiger partial charge in [0, 0.05) is 6.54 Å². The van der Waals surface area contributed by atoms with E-state index in [9.17, 15) is 0 Å². The van der Waals surface area contributed by atoms with Crippen molar-refractivity contribution in [1.29, 1.82) is 0 Å². The van der Waals surface area contributed by atoms with Gasteiger partial charge in [-0.05, 0) is 68.3 Å². The molecule has 1 atom stereocenters. The molecule has 0 aromatic heterocycles. The molecule has 0 amide bonds. The molecule has 0 spiro atoms. The Balaban J connectivity index is 2.30. The molecule has 1 aromatic rings. The minimum absolute atomic E-state index is 0.734. The average molecular weight is 203 g/mol. The van der Waals surface area contributed by atoms with Crippen molar-refractivity contribution in [2.45, 2.75) is 39.5 Å². The Hall–Kier alpha value is -0.820. The molecule has 1 aromatic carbocycles. The summed E-state index contributed by atoms with van der Waals surface area (Å²) >= 11 is 0. The van der Waals surface area contributed by atoms with E-state index in [2.05, 4.69) is 38.2 Å². The summed E-state index contributed by atoms with van der Waals surface area (Å²) in [7, 11) is 0. The Morgan fingerprint density at radius 1 is 1.07 bits per heavy atom. The lowest BCUT2D eigenvalue weighted by Crippen LogP contribution is -2.28. The average Bonchev–Trinajstić information content (AvgIpc) is 2.25. The highest BCUT2D eigenvalue weighted by molar-refractivity contribution is 5.38. The van der Waals surface area contributed by atoms with Crippen LogP contribution in [0.1, 0.15) is 41.0 Å². The molecule has 1 heteroatoms.